The number of halogens is 1. The third kappa shape index (κ3) is 59.3. The van der Waals surface area contributed by atoms with Crippen molar-refractivity contribution < 1.29 is 9.59 Å². The van der Waals surface area contributed by atoms with Gasteiger partial charge in [0.2, 0.25) is 17.8 Å². The van der Waals surface area contributed by atoms with E-state index >= 15 is 0 Å². The van der Waals surface area contributed by atoms with E-state index in [-0.39, 0.29) is 51.7 Å². The molecule has 40 nitrogen and oxygen atoms in total. The molecule has 1 amide bonds. The third-order valence-corrected chi connectivity index (χ3v) is 19.3. The number of aryl methyl sites for hydroxylation is 2. The van der Waals surface area contributed by atoms with Crippen molar-refractivity contribution in [1.29, 1.82) is 32.5 Å². The van der Waals surface area contributed by atoms with Gasteiger partial charge >= 0.3 is 0 Å². The first kappa shape index (κ1) is 107. The van der Waals surface area contributed by atoms with Gasteiger partial charge in [0.25, 0.3) is 5.95 Å². The summed E-state index contributed by atoms with van der Waals surface area (Å²) in [6.07, 6.45) is 22.8. The number of anilines is 2. The first-order valence-electron chi connectivity index (χ1n) is 36.8. The molecule has 1 aromatic carbocycles. The highest BCUT2D eigenvalue weighted by molar-refractivity contribution is 8.14. The lowest BCUT2D eigenvalue weighted by molar-refractivity contribution is -0.120. The maximum Gasteiger partial charge on any atom is 0.269 e. The number of fused-ring (bicyclic) bond motifs is 1. The Labute approximate surface area is 692 Å². The summed E-state index contributed by atoms with van der Waals surface area (Å²) in [7, 11) is 0. The summed E-state index contributed by atoms with van der Waals surface area (Å²) in [5.74, 6) is 9.81. The number of aliphatic imine (C=N–C) groups is 4. The zero-order chi connectivity index (χ0) is 86.3. The maximum absolute atomic E-state index is 11.7. The third-order valence-electron chi connectivity index (χ3n) is 15.4. The number of amides is 1. The van der Waals surface area contributed by atoms with Crippen LogP contribution in [0.15, 0.2) is 86.1 Å². The van der Waals surface area contributed by atoms with Crippen molar-refractivity contribution in [1.82, 2.24) is 56.0 Å². The number of carbonyl (C=O) groups is 2. The number of ketones is 1. The highest BCUT2D eigenvalue weighted by Gasteiger charge is 2.54. The Kier molecular flexibility index (Phi) is 61.6. The number of hydrogen-bond acceptors (Lipinski definition) is 35. The number of thioether (sulfide) groups is 4. The molecule has 1 saturated carbocycles. The van der Waals surface area contributed by atoms with Crippen LogP contribution in [0.1, 0.15) is 167 Å². The topological polar surface area (TPSA) is 781 Å². The molecule has 8 atom stereocenters. The number of amidine groups is 6. The molecule has 0 bridgehead atoms. The minimum atomic E-state index is -0.565. The smallest absolute Gasteiger partial charge is 0.269 e. The number of hydrazone groups is 1. The van der Waals surface area contributed by atoms with Gasteiger partial charge in [0.05, 0.1) is 54.2 Å². The average molecular weight is 1690 g/mol. The van der Waals surface area contributed by atoms with E-state index in [1.807, 2.05) is 38.1 Å². The van der Waals surface area contributed by atoms with Crippen LogP contribution in [-0.2, 0) is 29.0 Å². The van der Waals surface area contributed by atoms with Crippen molar-refractivity contribution in [3.63, 3.8) is 0 Å². The van der Waals surface area contributed by atoms with Gasteiger partial charge in [-0.25, -0.2) is 9.67 Å². The average Bonchev–Trinajstić information content (AvgIpc) is 1.60. The second-order valence-corrected chi connectivity index (χ2v) is 30.5. The Morgan fingerprint density at radius 1 is 0.754 bits per heavy atom. The van der Waals surface area contributed by atoms with Crippen LogP contribution in [0.3, 0.4) is 0 Å². The summed E-state index contributed by atoms with van der Waals surface area (Å²) in [4.78, 5) is 43.5. The largest absolute Gasteiger partial charge is 0.387 e. The van der Waals surface area contributed by atoms with Gasteiger partial charge in [0, 0.05) is 90.9 Å². The molecule has 0 radical (unpaired) electrons. The summed E-state index contributed by atoms with van der Waals surface area (Å²) in [6.45, 7) is 16.9. The van der Waals surface area contributed by atoms with E-state index in [1.54, 1.807) is 68.3 Å². The number of nitrogens with one attached hydrogen (secondary N) is 9. The maximum atomic E-state index is 11.7. The first-order chi connectivity index (χ1) is 54.0. The standard InChI is InChI=1S/C11H20N6O.C11H16N2.C10H19N7O.C7H11ClN2.C6H12N2S.C6H8N2.C5H10N2.C4H6N4.C3H9N3S.C3H6N2S.C2H6N2S.CH6N4/c1-8(12)5-3-2-4-6-9(13)10(18)7-11-14-16-17-15-11;1-9(13)5-6-10-3-2-4-11(7-10)8-12;1-7(11)5-3-2-4-6-8(12)9(18)13-10-14-16-17-15-10;1-3-2-4(9)10-7-5(3)6(7)8;1-3-5-4(2)8-6(7)9-5;1-5-2-3-8-6(7)4-5;6-5-3-1-2-4-7-5;5-4(6)8-3-1-2-7-8;4-1-2-7-3(5)6;4-3-5-1-2-6-3;1-5-2(3)4;2-1(3)5-4/h9,12H,2-7,13H2,1H3,(H,14,15,16,17);2-4,7,13H,5-6,8,12H2,1H3;8,11H,2-6,12H2,1H3,(H2,13,14,15,16,17,18);3,5-7H,2H2,1H3,(H2,9,10);4-5H,3H2,1-2H3,(H2,7,8);2-4H,1H3,(H2,7,8);1-4H2,(H2,6,7);1-3H,(H3,5,6);1-2,4H2,(H3,5,6);1-2H2,(H2,4,5);1H3,(H3,3,4);4H2,(H4,2,3,5)/t9-;;;3-,5-,6+,7-;4-,5-;;;;;;;/m1..01......./s1. The molecule has 39 N–H and O–H groups in total. The predicted octanol–water partition coefficient (Wildman–Crippen LogP) is 4.53. The van der Waals surface area contributed by atoms with Crippen LogP contribution in [0.4, 0.5) is 11.8 Å². The van der Waals surface area contributed by atoms with Gasteiger partial charge in [-0.15, -0.1) is 32.0 Å². The second-order valence-electron chi connectivity index (χ2n) is 25.7. The zero-order valence-corrected chi connectivity index (χ0v) is 71.1. The molecule has 10 rings (SSSR count). The molecule has 4 aliphatic heterocycles. The van der Waals surface area contributed by atoms with Gasteiger partial charge in [0.15, 0.2) is 32.3 Å². The molecule has 1 unspecified atom stereocenters. The monoisotopic (exact) mass is 1680 g/mol. The summed E-state index contributed by atoms with van der Waals surface area (Å²) in [6, 6.07) is 13.5. The summed E-state index contributed by atoms with van der Waals surface area (Å²) < 4.78 is 1.28. The zero-order valence-electron chi connectivity index (χ0n) is 67.1. The first-order valence-corrected chi connectivity index (χ1v) is 41.3. The Bertz CT molecular complexity index is 3540. The van der Waals surface area contributed by atoms with Crippen LogP contribution in [0, 0.1) is 51.2 Å². The number of unbranched alkanes of at least 4 members (excludes halogenated alkanes) is 4. The molecule has 5 aliphatic rings. The van der Waals surface area contributed by atoms with Crippen LogP contribution in [0.5, 0.6) is 0 Å². The number of nitrogens with two attached hydrogens (primary N) is 15. The fourth-order valence-electron chi connectivity index (χ4n) is 9.36. The van der Waals surface area contributed by atoms with E-state index in [1.165, 1.54) is 52.2 Å². The number of nitrogen functional groups attached to an aromatic ring is 2. The highest BCUT2D eigenvalue weighted by atomic mass is 35.5. The molecule has 1 aliphatic carbocycles. The number of nitrogens with zero attached hydrogens (tertiary/aromatic N) is 14. The van der Waals surface area contributed by atoms with E-state index in [4.69, 9.17) is 124 Å². The molecule has 114 heavy (non-hydrogen) atoms. The number of carbonyl (C=O) groups excluding carboxylic acids is 2. The van der Waals surface area contributed by atoms with Gasteiger partial charge in [-0.05, 0) is 158 Å². The Morgan fingerprint density at radius 2 is 1.37 bits per heavy atom. The predicted molar refractivity (Wildman–Crippen MR) is 477 cm³/mol. The highest BCUT2D eigenvalue weighted by Crippen LogP contribution is 2.48. The number of tetrazole rings is 2. The van der Waals surface area contributed by atoms with E-state index < -0.39 is 12.1 Å². The minimum absolute atomic E-state index is 0.0559. The van der Waals surface area contributed by atoms with E-state index in [0.29, 0.717) is 78.2 Å². The van der Waals surface area contributed by atoms with Crippen LogP contribution in [0.2, 0.25) is 0 Å². The van der Waals surface area contributed by atoms with Crippen LogP contribution >= 0.6 is 58.6 Å². The van der Waals surface area contributed by atoms with Crippen molar-refractivity contribution in [2.24, 2.45) is 117 Å². The lowest BCUT2D eigenvalue weighted by Crippen LogP contribution is -2.35. The summed E-state index contributed by atoms with van der Waals surface area (Å²) in [5.41, 5.74) is 79.2. The normalized spacial score (nSPS) is 17.1. The molecular formula is C69H129ClN38O2S4. The van der Waals surface area contributed by atoms with Gasteiger partial charge in [-0.3, -0.25) is 51.1 Å². The molecule has 45 heteroatoms. The van der Waals surface area contributed by atoms with Crippen LogP contribution in [-0.4, -0.2) is 201 Å². The number of rotatable bonds is 24. The van der Waals surface area contributed by atoms with E-state index in [2.05, 4.69) is 120 Å². The number of aromatic nitrogens is 11. The minimum Gasteiger partial charge on any atom is -0.387 e. The van der Waals surface area contributed by atoms with Gasteiger partial charge < -0.3 is 102 Å². The van der Waals surface area contributed by atoms with Gasteiger partial charge in [-0.1, -0.05) is 121 Å². The summed E-state index contributed by atoms with van der Waals surface area (Å²) >= 11 is 11.8. The molecule has 4 aromatic heterocycles. The summed E-state index contributed by atoms with van der Waals surface area (Å²) in [5, 5.41) is 79.5. The van der Waals surface area contributed by atoms with Crippen molar-refractivity contribution >= 4 is 144 Å². The van der Waals surface area contributed by atoms with Crippen LogP contribution < -0.4 is 91.4 Å². The number of guanidine groups is 1. The molecule has 8 heterocycles. The molecular weight excluding hydrogens is 1560 g/mol. The van der Waals surface area contributed by atoms with E-state index in [0.717, 1.165) is 141 Å². The Hall–Kier alpha value is -9.44. The number of pyridine rings is 1. The SMILES string of the molecule is CC(=N)CCCCCC(N)C(=O)Nc1nn[nH]n1.CC(=N)CCCCC[C@@H](N)C(=O)Cc1nn[nH]n1.CC(=N)CCc1cccc(CN)c1.CC[C@H]1SC(N)=N[C@@H]1C.CSC(=N)N.C[C@H]1CC(N)=N[C@@H]2[C@H](Cl)[C@@H]21.Cc1ccnc(N)c1.N=C(N)SCCN.N=C(N)n1cccn1.NC1=NCCCC1.NC1=NCCS1.NN=C(N)N. The molecule has 0 saturated heterocycles. The van der Waals surface area contributed by atoms with E-state index in [9.17, 15) is 9.59 Å². The number of Topliss-reactive ketones (excluding diaryl/α,β-unsaturated/α-hetero) is 1. The van der Waals surface area contributed by atoms with Crippen molar-refractivity contribution in [2.45, 2.75) is 205 Å². The van der Waals surface area contributed by atoms with Crippen molar-refractivity contribution in [3.8, 4) is 0 Å². The van der Waals surface area contributed by atoms with Gasteiger partial charge in [-0.2, -0.15) is 15.5 Å². The van der Waals surface area contributed by atoms with Crippen molar-refractivity contribution in [3.05, 3.63) is 83.6 Å². The number of alkyl halides is 1. The number of hydrogen-bond donors (Lipinski definition) is 24. The fraction of sp³-hybridized carbons (Fsp3) is 0.580. The lowest BCUT2D eigenvalue weighted by Gasteiger charge is -2.13. The lowest BCUT2D eigenvalue weighted by atomic mass is 9.99. The Morgan fingerprint density at radius 3 is 1.75 bits per heavy atom. The molecule has 1 fully saturated rings. The Balaban J connectivity index is 0. The molecule has 5 aromatic rings. The molecule has 638 valence electrons. The second kappa shape index (κ2) is 65.9. The number of benzene rings is 1. The van der Waals surface area contributed by atoms with Crippen molar-refractivity contribution in [2.75, 3.05) is 48.4 Å². The van der Waals surface area contributed by atoms with Gasteiger partial charge in [0.1, 0.15) is 5.82 Å². The quantitative estimate of drug-likeness (QED) is 0.0101. The van der Waals surface area contributed by atoms with Crippen LogP contribution in [0.25, 0.3) is 0 Å². The molecule has 0 spiro atoms. The fourth-order valence-corrected chi connectivity index (χ4v) is 11.8. The number of H-pyrrole nitrogens is 2. The number of aromatic amines is 2.